The van der Waals surface area contributed by atoms with Crippen molar-refractivity contribution in [1.82, 2.24) is 25.1 Å². The number of aromatic nitrogens is 5. The summed E-state index contributed by atoms with van der Waals surface area (Å²) in [4.78, 5) is 26.7. The number of carbonyl (C=O) groups excluding carboxylic acids is 1. The van der Waals surface area contributed by atoms with Crippen LogP contribution in [-0.2, 0) is 16.6 Å². The minimum atomic E-state index is -0.0705. The lowest BCUT2D eigenvalue weighted by Gasteiger charge is -2.13. The van der Waals surface area contributed by atoms with Crippen LogP contribution in [0.1, 0.15) is 72.3 Å². The number of hydrogen-bond acceptors (Lipinski definition) is 7. The molecule has 0 radical (unpaired) electrons. The molecule has 3 aromatic heterocycles. The highest BCUT2D eigenvalue weighted by atomic mass is 16.5. The Labute approximate surface area is 202 Å². The Morgan fingerprint density at radius 3 is 2.47 bits per heavy atom. The van der Waals surface area contributed by atoms with Crippen LogP contribution in [0.15, 0.2) is 53.2 Å². The predicted molar refractivity (Wildman–Crippen MR) is 135 cm³/mol. The molecule has 1 atom stereocenters. The standard InChI is InChI=1S/C16H21NO2.C5H4N4.C3H7N.C2H6/c1-11-5-7-12(8-6-11)14(18)9-13-10-15(19-17-13)16(2,3)4;1-4-5(8-2-6-1)9-3-7-4;4-3-1-2-3;1-2/h5-7,10,12H,8-9H2,1-4H3;1-3H,(H,6,7,8,9);3H,1-2,4H2;1-2H3. The molecule has 0 amide bonds. The van der Waals surface area contributed by atoms with Gasteiger partial charge in [-0.25, -0.2) is 15.0 Å². The Morgan fingerprint density at radius 1 is 1.24 bits per heavy atom. The maximum atomic E-state index is 12.2. The van der Waals surface area contributed by atoms with Crippen molar-refractivity contribution in [3.63, 3.8) is 0 Å². The second-order valence-electron chi connectivity index (χ2n) is 9.23. The molecule has 0 saturated heterocycles. The van der Waals surface area contributed by atoms with Crippen LogP contribution in [0.5, 0.6) is 0 Å². The summed E-state index contributed by atoms with van der Waals surface area (Å²) in [7, 11) is 0. The van der Waals surface area contributed by atoms with Crippen LogP contribution in [0.4, 0.5) is 0 Å². The average Bonchev–Trinajstić information content (AvgIpc) is 3.27. The molecule has 8 heteroatoms. The summed E-state index contributed by atoms with van der Waals surface area (Å²) in [6.07, 6.45) is 14.5. The molecule has 2 aliphatic carbocycles. The summed E-state index contributed by atoms with van der Waals surface area (Å²) in [5, 5.41) is 4.00. The Kier molecular flexibility index (Phi) is 10.3. The van der Waals surface area contributed by atoms with Crippen LogP contribution < -0.4 is 5.73 Å². The van der Waals surface area contributed by atoms with Crippen molar-refractivity contribution in [2.24, 2.45) is 11.7 Å². The van der Waals surface area contributed by atoms with Gasteiger partial charge in [0.1, 0.15) is 23.4 Å². The number of nitrogens with one attached hydrogen (secondary N) is 1. The van der Waals surface area contributed by atoms with Crippen LogP contribution >= 0.6 is 0 Å². The van der Waals surface area contributed by atoms with E-state index in [-0.39, 0.29) is 17.1 Å². The molecule has 3 N–H and O–H groups in total. The topological polar surface area (TPSA) is 124 Å². The van der Waals surface area contributed by atoms with Gasteiger partial charge in [-0.3, -0.25) is 4.79 Å². The minimum absolute atomic E-state index is 0.0153. The molecule has 1 fully saturated rings. The fourth-order valence-electron chi connectivity index (χ4n) is 2.81. The zero-order chi connectivity index (χ0) is 25.1. The molecule has 8 nitrogen and oxygen atoms in total. The minimum Gasteiger partial charge on any atom is -0.361 e. The molecule has 3 heterocycles. The molecule has 184 valence electrons. The third-order valence-electron chi connectivity index (χ3n) is 5.07. The van der Waals surface area contributed by atoms with Crippen LogP contribution in [0, 0.1) is 5.92 Å². The number of nitrogens with zero attached hydrogens (tertiary/aromatic N) is 4. The van der Waals surface area contributed by atoms with Crippen LogP contribution in [-0.4, -0.2) is 36.9 Å². The van der Waals surface area contributed by atoms with E-state index in [2.05, 4.69) is 51.9 Å². The summed E-state index contributed by atoms with van der Waals surface area (Å²) in [6, 6.07) is 2.48. The Hall–Kier alpha value is -3.13. The zero-order valence-electron chi connectivity index (χ0n) is 21.2. The van der Waals surface area contributed by atoms with Crippen LogP contribution in [0.3, 0.4) is 0 Å². The molecule has 34 heavy (non-hydrogen) atoms. The first-order valence-electron chi connectivity index (χ1n) is 11.9. The number of allylic oxidation sites excluding steroid dienone is 4. The van der Waals surface area contributed by atoms with Gasteiger partial charge in [-0.15, -0.1) is 0 Å². The third-order valence-corrected chi connectivity index (χ3v) is 5.07. The van der Waals surface area contributed by atoms with Gasteiger partial charge in [-0.1, -0.05) is 63.6 Å². The Balaban J connectivity index is 0.000000221. The van der Waals surface area contributed by atoms with E-state index in [1.165, 1.54) is 24.7 Å². The molecule has 0 aromatic carbocycles. The maximum Gasteiger partial charge on any atom is 0.180 e. The van der Waals surface area contributed by atoms with Gasteiger partial charge in [-0.05, 0) is 26.2 Å². The van der Waals surface area contributed by atoms with Crippen LogP contribution in [0.25, 0.3) is 11.2 Å². The van der Waals surface area contributed by atoms with E-state index in [0.29, 0.717) is 18.1 Å². The van der Waals surface area contributed by atoms with Gasteiger partial charge in [-0.2, -0.15) is 0 Å². The molecular formula is C26H38N6O2. The van der Waals surface area contributed by atoms with E-state index < -0.39 is 0 Å². The molecule has 2 aliphatic rings. The summed E-state index contributed by atoms with van der Waals surface area (Å²) >= 11 is 0. The highest BCUT2D eigenvalue weighted by Gasteiger charge is 2.22. The molecule has 1 saturated carbocycles. The molecular weight excluding hydrogens is 428 g/mol. The summed E-state index contributed by atoms with van der Waals surface area (Å²) < 4.78 is 5.30. The molecule has 1 unspecified atom stereocenters. The largest absolute Gasteiger partial charge is 0.361 e. The maximum absolute atomic E-state index is 12.2. The number of rotatable bonds is 3. The zero-order valence-corrected chi connectivity index (χ0v) is 21.2. The lowest BCUT2D eigenvalue weighted by Crippen LogP contribution is -2.16. The fraction of sp³-hybridized carbons (Fsp3) is 0.500. The van der Waals surface area contributed by atoms with E-state index in [0.717, 1.165) is 23.4 Å². The number of nitrogens with two attached hydrogens (primary N) is 1. The van der Waals surface area contributed by atoms with Crippen molar-refractivity contribution in [2.45, 2.75) is 78.7 Å². The highest BCUT2D eigenvalue weighted by molar-refractivity contribution is 5.85. The number of aromatic amines is 1. The SMILES string of the molecule is CC.CC1=CCC(C(=O)Cc2cc(C(C)(C)C)on2)C=C1.NC1CC1.c1ncc2[nH]cnc2n1. The quantitative estimate of drug-likeness (QED) is 0.551. The van der Waals surface area contributed by atoms with Crippen molar-refractivity contribution in [1.29, 1.82) is 0 Å². The molecule has 0 bridgehead atoms. The van der Waals surface area contributed by atoms with Crippen molar-refractivity contribution in [2.75, 3.05) is 0 Å². The first-order chi connectivity index (χ1) is 16.2. The number of ketones is 1. The van der Waals surface area contributed by atoms with Gasteiger partial charge >= 0.3 is 0 Å². The van der Waals surface area contributed by atoms with E-state index in [1.54, 1.807) is 12.5 Å². The molecule has 0 spiro atoms. The van der Waals surface area contributed by atoms with Crippen molar-refractivity contribution in [3.05, 3.63) is 60.2 Å². The highest BCUT2D eigenvalue weighted by Crippen LogP contribution is 2.24. The number of Topliss-reactive ketones (excluding diaryl/α,β-unsaturated/α-hetero) is 1. The smallest absolute Gasteiger partial charge is 0.180 e. The van der Waals surface area contributed by atoms with Gasteiger partial charge in [0.2, 0.25) is 0 Å². The predicted octanol–water partition coefficient (Wildman–Crippen LogP) is 5.09. The monoisotopic (exact) mass is 466 g/mol. The number of carbonyl (C=O) groups is 1. The molecule has 5 rings (SSSR count). The number of fused-ring (bicyclic) bond motifs is 1. The summed E-state index contributed by atoms with van der Waals surface area (Å²) in [6.45, 7) is 12.2. The van der Waals surface area contributed by atoms with E-state index in [1.807, 2.05) is 39.0 Å². The summed E-state index contributed by atoms with van der Waals surface area (Å²) in [5.74, 6) is 1.01. The van der Waals surface area contributed by atoms with E-state index in [9.17, 15) is 4.79 Å². The van der Waals surface area contributed by atoms with E-state index >= 15 is 0 Å². The van der Waals surface area contributed by atoms with Crippen LogP contribution in [0.2, 0.25) is 0 Å². The van der Waals surface area contributed by atoms with Gasteiger partial charge in [0.05, 0.1) is 24.6 Å². The average molecular weight is 467 g/mol. The summed E-state index contributed by atoms with van der Waals surface area (Å²) in [5.41, 5.74) is 8.69. The van der Waals surface area contributed by atoms with Gasteiger partial charge in [0.25, 0.3) is 0 Å². The number of H-pyrrole nitrogens is 1. The molecule has 0 aliphatic heterocycles. The van der Waals surface area contributed by atoms with Crippen molar-refractivity contribution in [3.8, 4) is 0 Å². The second-order valence-corrected chi connectivity index (χ2v) is 9.23. The fourth-order valence-corrected chi connectivity index (χ4v) is 2.81. The first-order valence-corrected chi connectivity index (χ1v) is 11.9. The lowest BCUT2D eigenvalue weighted by atomic mass is 9.90. The van der Waals surface area contributed by atoms with Gasteiger partial charge < -0.3 is 15.2 Å². The van der Waals surface area contributed by atoms with Gasteiger partial charge in [0, 0.05) is 23.4 Å². The van der Waals surface area contributed by atoms with Crippen molar-refractivity contribution >= 4 is 16.9 Å². The van der Waals surface area contributed by atoms with Crippen molar-refractivity contribution < 1.29 is 9.32 Å². The normalized spacial score (nSPS) is 16.8. The Bertz CT molecular complexity index is 1060. The second kappa shape index (κ2) is 12.9. The third kappa shape index (κ3) is 9.02. The lowest BCUT2D eigenvalue weighted by molar-refractivity contribution is -0.120. The number of hydrogen-bond donors (Lipinski definition) is 2. The first kappa shape index (κ1) is 27.1. The molecule has 3 aromatic rings. The van der Waals surface area contributed by atoms with E-state index in [4.69, 9.17) is 10.3 Å². The van der Waals surface area contributed by atoms with Gasteiger partial charge in [0.15, 0.2) is 5.65 Å². The Morgan fingerprint density at radius 2 is 1.94 bits per heavy atom. The number of imidazole rings is 1.